The highest BCUT2D eigenvalue weighted by atomic mass is 127. The number of likely N-dealkylation sites (tertiary alicyclic amines) is 1. The van der Waals surface area contributed by atoms with Gasteiger partial charge in [0.1, 0.15) is 0 Å². The molecule has 2 aliphatic heterocycles. The molecular formula is C20H30IN5O. The number of carbonyl (C=O) groups is 1. The zero-order valence-corrected chi connectivity index (χ0v) is 18.3. The standard InChI is InChI=1S/C20H29N5O.HI/c1-2-21-20(23-16-19(26)25-13-5-6-14-25)22-15-17-7-9-18(10-8-17)24-11-3-4-12-24;/h3-4,7-10H,2,5-6,11-16H2,1H3,(H2,21,22,23);1H. The maximum Gasteiger partial charge on any atom is 0.241 e. The van der Waals surface area contributed by atoms with Crippen molar-refractivity contribution >= 4 is 41.5 Å². The maximum atomic E-state index is 12.2. The van der Waals surface area contributed by atoms with Crippen LogP contribution in [0.4, 0.5) is 5.69 Å². The molecule has 2 N–H and O–H groups in total. The van der Waals surface area contributed by atoms with Crippen molar-refractivity contribution in [1.29, 1.82) is 0 Å². The lowest BCUT2D eigenvalue weighted by Gasteiger charge is -2.18. The van der Waals surface area contributed by atoms with Gasteiger partial charge in [-0.1, -0.05) is 24.3 Å². The summed E-state index contributed by atoms with van der Waals surface area (Å²) in [6.07, 6.45) is 6.61. The molecule has 0 saturated carbocycles. The fourth-order valence-corrected chi connectivity index (χ4v) is 3.25. The number of benzene rings is 1. The molecule has 0 atom stereocenters. The van der Waals surface area contributed by atoms with E-state index in [4.69, 9.17) is 0 Å². The van der Waals surface area contributed by atoms with E-state index in [2.05, 4.69) is 56.9 Å². The quantitative estimate of drug-likeness (QED) is 0.282. The van der Waals surface area contributed by atoms with E-state index in [1.54, 1.807) is 0 Å². The molecule has 7 heteroatoms. The van der Waals surface area contributed by atoms with Crippen LogP contribution in [-0.4, -0.2) is 56.0 Å². The molecule has 1 fully saturated rings. The van der Waals surface area contributed by atoms with Crippen LogP contribution in [0.3, 0.4) is 0 Å². The van der Waals surface area contributed by atoms with Crippen LogP contribution in [0.2, 0.25) is 0 Å². The molecule has 1 aromatic rings. The van der Waals surface area contributed by atoms with Gasteiger partial charge in [-0.15, -0.1) is 24.0 Å². The molecule has 2 aliphatic rings. The van der Waals surface area contributed by atoms with E-state index in [-0.39, 0.29) is 29.9 Å². The Hall–Kier alpha value is -1.77. The maximum absolute atomic E-state index is 12.2. The minimum absolute atomic E-state index is 0. The van der Waals surface area contributed by atoms with E-state index < -0.39 is 0 Å². The summed E-state index contributed by atoms with van der Waals surface area (Å²) in [6.45, 7) is 7.41. The first-order valence-electron chi connectivity index (χ1n) is 9.55. The van der Waals surface area contributed by atoms with Gasteiger partial charge in [0.25, 0.3) is 0 Å². The first-order chi connectivity index (χ1) is 12.8. The summed E-state index contributed by atoms with van der Waals surface area (Å²) in [5, 5.41) is 6.36. The van der Waals surface area contributed by atoms with Crippen molar-refractivity contribution in [2.75, 3.05) is 44.2 Å². The van der Waals surface area contributed by atoms with E-state index in [9.17, 15) is 4.79 Å². The van der Waals surface area contributed by atoms with Gasteiger partial charge in [0.2, 0.25) is 5.91 Å². The lowest BCUT2D eigenvalue weighted by atomic mass is 10.2. The number of aliphatic imine (C=N–C) groups is 1. The molecule has 6 nitrogen and oxygen atoms in total. The van der Waals surface area contributed by atoms with Gasteiger partial charge >= 0.3 is 0 Å². The summed E-state index contributed by atoms with van der Waals surface area (Å²) in [5.74, 6) is 0.838. The zero-order valence-electron chi connectivity index (χ0n) is 16.0. The molecule has 27 heavy (non-hydrogen) atoms. The number of amides is 1. The van der Waals surface area contributed by atoms with Crippen LogP contribution < -0.4 is 15.5 Å². The molecule has 0 spiro atoms. The van der Waals surface area contributed by atoms with Crippen molar-refractivity contribution in [2.24, 2.45) is 4.99 Å². The third-order valence-corrected chi connectivity index (χ3v) is 4.75. The number of halogens is 1. The third kappa shape index (κ3) is 6.41. The number of hydrogen-bond donors (Lipinski definition) is 2. The highest BCUT2D eigenvalue weighted by molar-refractivity contribution is 14.0. The first kappa shape index (κ1) is 21.5. The third-order valence-electron chi connectivity index (χ3n) is 4.75. The number of guanidine groups is 1. The minimum atomic E-state index is 0. The Morgan fingerprint density at radius 2 is 1.74 bits per heavy atom. The van der Waals surface area contributed by atoms with E-state index in [0.717, 1.165) is 51.1 Å². The van der Waals surface area contributed by atoms with Gasteiger partial charge in [0.05, 0.1) is 13.1 Å². The number of rotatable bonds is 6. The van der Waals surface area contributed by atoms with Crippen LogP contribution >= 0.6 is 24.0 Å². The van der Waals surface area contributed by atoms with Gasteiger partial charge in [0, 0.05) is 38.4 Å². The summed E-state index contributed by atoms with van der Waals surface area (Å²) in [4.78, 5) is 21.0. The largest absolute Gasteiger partial charge is 0.364 e. The highest BCUT2D eigenvalue weighted by Crippen LogP contribution is 2.17. The molecule has 3 rings (SSSR count). The predicted octanol–water partition coefficient (Wildman–Crippen LogP) is 2.36. The van der Waals surface area contributed by atoms with Crippen molar-refractivity contribution in [2.45, 2.75) is 26.3 Å². The number of hydrogen-bond acceptors (Lipinski definition) is 3. The van der Waals surface area contributed by atoms with Crippen LogP contribution in [0.15, 0.2) is 41.4 Å². The van der Waals surface area contributed by atoms with E-state index >= 15 is 0 Å². The van der Waals surface area contributed by atoms with Crippen LogP contribution in [0, 0.1) is 0 Å². The lowest BCUT2D eigenvalue weighted by Crippen LogP contribution is -2.44. The molecule has 1 aromatic carbocycles. The molecular weight excluding hydrogens is 453 g/mol. The summed E-state index contributed by atoms with van der Waals surface area (Å²) in [6, 6.07) is 8.54. The van der Waals surface area contributed by atoms with Crippen LogP contribution in [0.25, 0.3) is 0 Å². The SMILES string of the molecule is CCNC(=NCc1ccc(N2CC=CC2)cc1)NCC(=O)N1CCCC1.I. The Morgan fingerprint density at radius 1 is 1.07 bits per heavy atom. The van der Waals surface area contributed by atoms with Crippen molar-refractivity contribution in [1.82, 2.24) is 15.5 Å². The number of nitrogens with one attached hydrogen (secondary N) is 2. The smallest absolute Gasteiger partial charge is 0.241 e. The van der Waals surface area contributed by atoms with Gasteiger partial charge in [-0.25, -0.2) is 4.99 Å². The predicted molar refractivity (Wildman–Crippen MR) is 122 cm³/mol. The normalized spacial score (nSPS) is 16.4. The molecule has 0 unspecified atom stereocenters. The van der Waals surface area contributed by atoms with Crippen LogP contribution in [0.5, 0.6) is 0 Å². The average molecular weight is 483 g/mol. The van der Waals surface area contributed by atoms with Crippen molar-refractivity contribution in [3.63, 3.8) is 0 Å². The second-order valence-corrected chi connectivity index (χ2v) is 6.68. The Bertz CT molecular complexity index is 645. The summed E-state index contributed by atoms with van der Waals surface area (Å²) in [5.41, 5.74) is 2.40. The molecule has 0 radical (unpaired) electrons. The van der Waals surface area contributed by atoms with E-state index in [1.807, 2.05) is 11.8 Å². The molecule has 0 bridgehead atoms. The van der Waals surface area contributed by atoms with Crippen LogP contribution in [0.1, 0.15) is 25.3 Å². The molecule has 0 aliphatic carbocycles. The Labute approximate surface area is 179 Å². The molecule has 1 saturated heterocycles. The number of carbonyl (C=O) groups excluding carboxylic acids is 1. The van der Waals surface area contributed by atoms with Gasteiger partial charge in [-0.3, -0.25) is 4.79 Å². The van der Waals surface area contributed by atoms with E-state index in [0.29, 0.717) is 19.0 Å². The summed E-state index contributed by atoms with van der Waals surface area (Å²) < 4.78 is 0. The van der Waals surface area contributed by atoms with Gasteiger partial charge in [-0.2, -0.15) is 0 Å². The highest BCUT2D eigenvalue weighted by Gasteiger charge is 2.17. The van der Waals surface area contributed by atoms with Crippen LogP contribution in [-0.2, 0) is 11.3 Å². The first-order valence-corrected chi connectivity index (χ1v) is 9.55. The number of anilines is 1. The Kier molecular flexibility index (Phi) is 8.90. The fraction of sp³-hybridized carbons (Fsp3) is 0.500. The van der Waals surface area contributed by atoms with Gasteiger partial charge in [-0.05, 0) is 37.5 Å². The van der Waals surface area contributed by atoms with Gasteiger partial charge < -0.3 is 20.4 Å². The molecule has 1 amide bonds. The topological polar surface area (TPSA) is 60.0 Å². The summed E-state index contributed by atoms with van der Waals surface area (Å²) >= 11 is 0. The lowest BCUT2D eigenvalue weighted by molar-refractivity contribution is -0.128. The molecule has 148 valence electrons. The Balaban J connectivity index is 0.00000261. The van der Waals surface area contributed by atoms with Crippen molar-refractivity contribution in [3.8, 4) is 0 Å². The molecule has 0 aromatic heterocycles. The monoisotopic (exact) mass is 483 g/mol. The van der Waals surface area contributed by atoms with E-state index in [1.165, 1.54) is 5.69 Å². The minimum Gasteiger partial charge on any atom is -0.364 e. The average Bonchev–Trinajstić information content (AvgIpc) is 3.38. The zero-order chi connectivity index (χ0) is 18.2. The molecule has 2 heterocycles. The Morgan fingerprint density at radius 3 is 2.37 bits per heavy atom. The van der Waals surface area contributed by atoms with Crippen molar-refractivity contribution < 1.29 is 4.79 Å². The fourth-order valence-electron chi connectivity index (χ4n) is 3.25. The summed E-state index contributed by atoms with van der Waals surface area (Å²) in [7, 11) is 0. The second kappa shape index (κ2) is 11.2. The van der Waals surface area contributed by atoms with Gasteiger partial charge in [0.15, 0.2) is 5.96 Å². The van der Waals surface area contributed by atoms with Crippen molar-refractivity contribution in [3.05, 3.63) is 42.0 Å². The number of nitrogens with zero attached hydrogens (tertiary/aromatic N) is 3. The second-order valence-electron chi connectivity index (χ2n) is 6.68.